The first kappa shape index (κ1) is 14.4. The molecular formula is C15H21ClN2O. The van der Waals surface area contributed by atoms with Crippen LogP contribution < -0.4 is 10.6 Å². The number of hydrogen-bond donors (Lipinski definition) is 1. The number of hydrogen-bond acceptors (Lipinski definition) is 2. The van der Waals surface area contributed by atoms with Gasteiger partial charge in [-0.05, 0) is 43.4 Å². The Bertz CT molecular complexity index is 475. The van der Waals surface area contributed by atoms with Crippen molar-refractivity contribution in [3.63, 3.8) is 0 Å². The predicted octanol–water partition coefficient (Wildman–Crippen LogP) is 3.13. The van der Waals surface area contributed by atoms with Gasteiger partial charge >= 0.3 is 0 Å². The van der Waals surface area contributed by atoms with Crippen molar-refractivity contribution < 1.29 is 4.79 Å². The summed E-state index contributed by atoms with van der Waals surface area (Å²) in [5.74, 6) is 0.443. The highest BCUT2D eigenvalue weighted by atomic mass is 35.5. The molecule has 19 heavy (non-hydrogen) atoms. The summed E-state index contributed by atoms with van der Waals surface area (Å²) >= 11 is 6.10. The van der Waals surface area contributed by atoms with Crippen LogP contribution in [0, 0.1) is 12.8 Å². The van der Waals surface area contributed by atoms with E-state index in [4.69, 9.17) is 17.3 Å². The fourth-order valence-corrected chi connectivity index (χ4v) is 2.79. The third-order valence-corrected chi connectivity index (χ3v) is 4.48. The highest BCUT2D eigenvalue weighted by molar-refractivity contribution is 6.31. The molecule has 1 saturated carbocycles. The van der Waals surface area contributed by atoms with E-state index in [2.05, 4.69) is 0 Å². The van der Waals surface area contributed by atoms with E-state index >= 15 is 0 Å². The molecule has 1 aliphatic rings. The lowest BCUT2D eigenvalue weighted by atomic mass is 9.99. The van der Waals surface area contributed by atoms with Crippen LogP contribution in [0.3, 0.4) is 0 Å². The number of anilines is 1. The van der Waals surface area contributed by atoms with Crippen molar-refractivity contribution in [2.24, 2.45) is 11.7 Å². The van der Waals surface area contributed by atoms with E-state index in [-0.39, 0.29) is 11.9 Å². The third-order valence-electron chi connectivity index (χ3n) is 4.07. The second kappa shape index (κ2) is 5.93. The average Bonchev–Trinajstić information content (AvgIpc) is 2.77. The molecule has 1 amide bonds. The zero-order valence-corrected chi connectivity index (χ0v) is 12.3. The van der Waals surface area contributed by atoms with E-state index in [0.717, 1.165) is 30.5 Å². The van der Waals surface area contributed by atoms with Crippen LogP contribution in [0.5, 0.6) is 0 Å². The van der Waals surface area contributed by atoms with Gasteiger partial charge in [0.2, 0.25) is 5.91 Å². The molecule has 4 heteroatoms. The van der Waals surface area contributed by atoms with Crippen LogP contribution in [0.2, 0.25) is 5.02 Å². The average molecular weight is 281 g/mol. The van der Waals surface area contributed by atoms with Crippen molar-refractivity contribution in [1.82, 2.24) is 0 Å². The quantitative estimate of drug-likeness (QED) is 0.925. The summed E-state index contributed by atoms with van der Waals surface area (Å²) in [6.45, 7) is 1.95. The third kappa shape index (κ3) is 3.28. The predicted molar refractivity (Wildman–Crippen MR) is 79.5 cm³/mol. The van der Waals surface area contributed by atoms with Gasteiger partial charge in [-0.2, -0.15) is 0 Å². The molecular weight excluding hydrogens is 260 g/mol. The second-order valence-corrected chi connectivity index (χ2v) is 5.85. The van der Waals surface area contributed by atoms with Gasteiger partial charge in [-0.25, -0.2) is 0 Å². The standard InChI is InChI=1S/C15H21ClN2O/c1-10-6-7-12(9-13(10)16)18(2)15(19)8-11-4-3-5-14(11)17/h6-7,9,11,14H,3-5,8,17H2,1-2H3/t11-,14+/m0/s1. The molecule has 1 fully saturated rings. The maximum Gasteiger partial charge on any atom is 0.227 e. The van der Waals surface area contributed by atoms with E-state index < -0.39 is 0 Å². The van der Waals surface area contributed by atoms with Gasteiger partial charge in [-0.3, -0.25) is 4.79 Å². The molecule has 104 valence electrons. The second-order valence-electron chi connectivity index (χ2n) is 5.45. The first-order chi connectivity index (χ1) is 8.99. The van der Waals surface area contributed by atoms with Crippen LogP contribution >= 0.6 is 11.6 Å². The SMILES string of the molecule is Cc1ccc(N(C)C(=O)C[C@@H]2CCC[C@H]2N)cc1Cl. The van der Waals surface area contributed by atoms with Crippen LogP contribution in [0.1, 0.15) is 31.2 Å². The molecule has 2 rings (SSSR count). The number of carbonyl (C=O) groups excluding carboxylic acids is 1. The summed E-state index contributed by atoms with van der Waals surface area (Å²) < 4.78 is 0. The van der Waals surface area contributed by atoms with Crippen LogP contribution in [0.15, 0.2) is 18.2 Å². The maximum atomic E-state index is 12.3. The van der Waals surface area contributed by atoms with E-state index in [0.29, 0.717) is 17.4 Å². The fraction of sp³-hybridized carbons (Fsp3) is 0.533. The minimum atomic E-state index is 0.113. The molecule has 1 aromatic rings. The smallest absolute Gasteiger partial charge is 0.227 e. The van der Waals surface area contributed by atoms with E-state index in [9.17, 15) is 4.79 Å². The van der Waals surface area contributed by atoms with Gasteiger partial charge in [0, 0.05) is 30.2 Å². The van der Waals surface area contributed by atoms with Gasteiger partial charge in [0.1, 0.15) is 0 Å². The molecule has 0 aromatic heterocycles. The Morgan fingerprint density at radius 2 is 2.21 bits per heavy atom. The largest absolute Gasteiger partial charge is 0.327 e. The Morgan fingerprint density at radius 1 is 1.47 bits per heavy atom. The van der Waals surface area contributed by atoms with E-state index in [1.54, 1.807) is 11.9 Å². The van der Waals surface area contributed by atoms with Crippen LogP contribution in [0.25, 0.3) is 0 Å². The summed E-state index contributed by atoms with van der Waals surface area (Å²) in [6.07, 6.45) is 3.77. The lowest BCUT2D eigenvalue weighted by Crippen LogP contribution is -2.32. The first-order valence-corrected chi connectivity index (χ1v) is 7.15. The zero-order chi connectivity index (χ0) is 14.0. The van der Waals surface area contributed by atoms with Crippen LogP contribution in [0.4, 0.5) is 5.69 Å². The van der Waals surface area contributed by atoms with Gasteiger partial charge in [-0.1, -0.05) is 24.1 Å². The van der Waals surface area contributed by atoms with Crippen molar-refractivity contribution in [3.8, 4) is 0 Å². The Morgan fingerprint density at radius 3 is 2.79 bits per heavy atom. The van der Waals surface area contributed by atoms with Gasteiger partial charge in [0.15, 0.2) is 0 Å². The molecule has 0 saturated heterocycles. The lowest BCUT2D eigenvalue weighted by Gasteiger charge is -2.21. The molecule has 0 unspecified atom stereocenters. The summed E-state index contributed by atoms with van der Waals surface area (Å²) in [7, 11) is 1.80. The number of aryl methyl sites for hydroxylation is 1. The van der Waals surface area contributed by atoms with Crippen LogP contribution in [-0.2, 0) is 4.79 Å². The van der Waals surface area contributed by atoms with Crippen LogP contribution in [-0.4, -0.2) is 19.0 Å². The number of halogens is 1. The Kier molecular flexibility index (Phi) is 4.48. The summed E-state index contributed by atoms with van der Waals surface area (Å²) in [5.41, 5.74) is 7.88. The molecule has 0 heterocycles. The topological polar surface area (TPSA) is 46.3 Å². The van der Waals surface area contributed by atoms with Gasteiger partial charge in [-0.15, -0.1) is 0 Å². The fourth-order valence-electron chi connectivity index (χ4n) is 2.61. The molecule has 2 atom stereocenters. The number of rotatable bonds is 3. The molecule has 2 N–H and O–H groups in total. The summed E-state index contributed by atoms with van der Waals surface area (Å²) in [6, 6.07) is 5.87. The summed E-state index contributed by atoms with van der Waals surface area (Å²) in [4.78, 5) is 13.9. The van der Waals surface area contributed by atoms with Crippen molar-refractivity contribution in [1.29, 1.82) is 0 Å². The molecule has 0 radical (unpaired) electrons. The van der Waals surface area contributed by atoms with Gasteiger partial charge in [0.05, 0.1) is 0 Å². The van der Waals surface area contributed by atoms with Crippen molar-refractivity contribution in [2.45, 2.75) is 38.6 Å². The number of nitrogens with zero attached hydrogens (tertiary/aromatic N) is 1. The number of carbonyl (C=O) groups is 1. The van der Waals surface area contributed by atoms with E-state index in [1.165, 1.54) is 0 Å². The molecule has 1 aliphatic carbocycles. The molecule has 1 aromatic carbocycles. The minimum Gasteiger partial charge on any atom is -0.327 e. The van der Waals surface area contributed by atoms with Gasteiger partial charge in [0.25, 0.3) is 0 Å². The number of amides is 1. The first-order valence-electron chi connectivity index (χ1n) is 6.77. The maximum absolute atomic E-state index is 12.3. The Balaban J connectivity index is 2.03. The molecule has 0 aliphatic heterocycles. The Hall–Kier alpha value is -1.06. The van der Waals surface area contributed by atoms with Crippen molar-refractivity contribution in [2.75, 3.05) is 11.9 Å². The highest BCUT2D eigenvalue weighted by Crippen LogP contribution is 2.29. The Labute approximate surface area is 119 Å². The molecule has 3 nitrogen and oxygen atoms in total. The zero-order valence-electron chi connectivity index (χ0n) is 11.5. The molecule has 0 spiro atoms. The number of nitrogens with two attached hydrogens (primary N) is 1. The van der Waals surface area contributed by atoms with E-state index in [1.807, 2.05) is 25.1 Å². The number of benzene rings is 1. The normalized spacial score (nSPS) is 22.5. The van der Waals surface area contributed by atoms with Gasteiger partial charge < -0.3 is 10.6 Å². The van der Waals surface area contributed by atoms with Crippen molar-refractivity contribution >= 4 is 23.2 Å². The monoisotopic (exact) mass is 280 g/mol. The highest BCUT2D eigenvalue weighted by Gasteiger charge is 2.27. The lowest BCUT2D eigenvalue weighted by molar-refractivity contribution is -0.119. The minimum absolute atomic E-state index is 0.113. The summed E-state index contributed by atoms with van der Waals surface area (Å²) in [5, 5.41) is 0.690. The molecule has 0 bridgehead atoms. The van der Waals surface area contributed by atoms with Crippen molar-refractivity contribution in [3.05, 3.63) is 28.8 Å².